The fourth-order valence-corrected chi connectivity index (χ4v) is 1.55. The third-order valence-corrected chi connectivity index (χ3v) is 2.68. The number of nitrogens with one attached hydrogen (secondary N) is 2. The number of nitrogens with zero attached hydrogens (tertiary/aromatic N) is 1. The van der Waals surface area contributed by atoms with Crippen LogP contribution in [-0.2, 0) is 6.54 Å². The maximum absolute atomic E-state index is 13.4. The molecule has 114 valence electrons. The quantitative estimate of drug-likeness (QED) is 0.457. The van der Waals surface area contributed by atoms with Gasteiger partial charge in [-0.05, 0) is 37.0 Å². The minimum atomic E-state index is -0.173. The van der Waals surface area contributed by atoms with E-state index in [1.54, 1.807) is 19.1 Å². The van der Waals surface area contributed by atoms with Gasteiger partial charge in [0, 0.05) is 13.1 Å². The SMILES string of the molecule is CCNC(=NCc1ccc(C)c(F)c1)NCC(C)C.I. The first-order valence-electron chi connectivity index (χ1n) is 6.80. The average molecular weight is 393 g/mol. The number of aliphatic imine (C=N–C) groups is 1. The Morgan fingerprint density at radius 1 is 1.30 bits per heavy atom. The van der Waals surface area contributed by atoms with Crippen LogP contribution in [-0.4, -0.2) is 19.0 Å². The predicted octanol–water partition coefficient (Wildman–Crippen LogP) is 3.46. The van der Waals surface area contributed by atoms with Crippen LogP contribution in [0.4, 0.5) is 4.39 Å². The molecule has 0 unspecified atom stereocenters. The number of hydrogen-bond donors (Lipinski definition) is 2. The molecular weight excluding hydrogens is 368 g/mol. The van der Waals surface area contributed by atoms with E-state index in [0.717, 1.165) is 24.6 Å². The first kappa shape index (κ1) is 19.1. The van der Waals surface area contributed by atoms with Crippen LogP contribution in [0, 0.1) is 18.7 Å². The summed E-state index contributed by atoms with van der Waals surface area (Å²) in [7, 11) is 0. The normalized spacial score (nSPS) is 11.2. The van der Waals surface area contributed by atoms with Gasteiger partial charge in [-0.1, -0.05) is 26.0 Å². The molecule has 0 aliphatic rings. The van der Waals surface area contributed by atoms with Crippen molar-refractivity contribution in [2.45, 2.75) is 34.2 Å². The van der Waals surface area contributed by atoms with Crippen molar-refractivity contribution in [1.82, 2.24) is 10.6 Å². The third kappa shape index (κ3) is 7.07. The van der Waals surface area contributed by atoms with Crippen LogP contribution >= 0.6 is 24.0 Å². The largest absolute Gasteiger partial charge is 0.357 e. The lowest BCUT2D eigenvalue weighted by Crippen LogP contribution is -2.39. The van der Waals surface area contributed by atoms with Gasteiger partial charge in [-0.3, -0.25) is 0 Å². The van der Waals surface area contributed by atoms with Gasteiger partial charge < -0.3 is 10.6 Å². The molecule has 5 heteroatoms. The molecule has 0 aliphatic heterocycles. The van der Waals surface area contributed by atoms with Crippen molar-refractivity contribution in [2.24, 2.45) is 10.9 Å². The summed E-state index contributed by atoms with van der Waals surface area (Å²) in [4.78, 5) is 4.45. The number of benzene rings is 1. The van der Waals surface area contributed by atoms with E-state index < -0.39 is 0 Å². The maximum Gasteiger partial charge on any atom is 0.191 e. The van der Waals surface area contributed by atoms with E-state index in [2.05, 4.69) is 29.5 Å². The third-order valence-electron chi connectivity index (χ3n) is 2.68. The van der Waals surface area contributed by atoms with Crippen molar-refractivity contribution in [3.05, 3.63) is 35.1 Å². The Morgan fingerprint density at radius 3 is 2.55 bits per heavy atom. The van der Waals surface area contributed by atoms with Gasteiger partial charge in [0.2, 0.25) is 0 Å². The molecule has 0 bridgehead atoms. The highest BCUT2D eigenvalue weighted by molar-refractivity contribution is 14.0. The van der Waals surface area contributed by atoms with E-state index in [0.29, 0.717) is 18.0 Å². The Hall–Kier alpha value is -0.850. The standard InChI is InChI=1S/C15H24FN3.HI/c1-5-17-15(18-9-11(2)3)19-10-13-7-6-12(4)14(16)8-13;/h6-8,11H,5,9-10H2,1-4H3,(H2,17,18,19);1H. The minimum absolute atomic E-state index is 0. The number of hydrogen-bond acceptors (Lipinski definition) is 1. The summed E-state index contributed by atoms with van der Waals surface area (Å²) < 4.78 is 13.4. The molecule has 0 saturated carbocycles. The molecule has 3 nitrogen and oxygen atoms in total. The van der Waals surface area contributed by atoms with Crippen LogP contribution in [0.3, 0.4) is 0 Å². The van der Waals surface area contributed by atoms with Crippen molar-refractivity contribution in [3.63, 3.8) is 0 Å². The molecule has 1 rings (SSSR count). The average Bonchev–Trinajstić information content (AvgIpc) is 2.36. The second-order valence-corrected chi connectivity index (χ2v) is 5.05. The van der Waals surface area contributed by atoms with Gasteiger partial charge in [0.1, 0.15) is 5.82 Å². The van der Waals surface area contributed by atoms with E-state index >= 15 is 0 Å². The zero-order chi connectivity index (χ0) is 14.3. The predicted molar refractivity (Wildman–Crippen MR) is 94.2 cm³/mol. The summed E-state index contributed by atoms with van der Waals surface area (Å²) >= 11 is 0. The molecular formula is C15H25FIN3. The summed E-state index contributed by atoms with van der Waals surface area (Å²) in [6.07, 6.45) is 0. The van der Waals surface area contributed by atoms with Gasteiger partial charge in [-0.25, -0.2) is 9.38 Å². The topological polar surface area (TPSA) is 36.4 Å². The number of guanidine groups is 1. The van der Waals surface area contributed by atoms with Gasteiger partial charge in [-0.2, -0.15) is 0 Å². The van der Waals surface area contributed by atoms with Gasteiger partial charge in [0.25, 0.3) is 0 Å². The highest BCUT2D eigenvalue weighted by Crippen LogP contribution is 2.09. The maximum atomic E-state index is 13.4. The lowest BCUT2D eigenvalue weighted by molar-refractivity contribution is 0.612. The molecule has 20 heavy (non-hydrogen) atoms. The Labute approximate surface area is 138 Å². The molecule has 1 aromatic rings. The van der Waals surface area contributed by atoms with E-state index in [9.17, 15) is 4.39 Å². The van der Waals surface area contributed by atoms with E-state index in [4.69, 9.17) is 0 Å². The van der Waals surface area contributed by atoms with Gasteiger partial charge in [0.05, 0.1) is 6.54 Å². The number of rotatable bonds is 5. The monoisotopic (exact) mass is 393 g/mol. The van der Waals surface area contributed by atoms with E-state index in [1.165, 1.54) is 0 Å². The molecule has 0 aromatic heterocycles. The van der Waals surface area contributed by atoms with Crippen molar-refractivity contribution in [2.75, 3.05) is 13.1 Å². The first-order valence-corrected chi connectivity index (χ1v) is 6.80. The van der Waals surface area contributed by atoms with Gasteiger partial charge in [0.15, 0.2) is 5.96 Å². The first-order chi connectivity index (χ1) is 9.02. The van der Waals surface area contributed by atoms with Crippen molar-refractivity contribution in [3.8, 4) is 0 Å². The molecule has 0 amide bonds. The van der Waals surface area contributed by atoms with E-state index in [-0.39, 0.29) is 29.8 Å². The highest BCUT2D eigenvalue weighted by Gasteiger charge is 2.01. The molecule has 0 heterocycles. The Bertz CT molecular complexity index is 433. The molecule has 0 spiro atoms. The Kier molecular flexibility index (Phi) is 9.54. The fraction of sp³-hybridized carbons (Fsp3) is 0.533. The highest BCUT2D eigenvalue weighted by atomic mass is 127. The van der Waals surface area contributed by atoms with Crippen LogP contribution in [0.2, 0.25) is 0 Å². The lowest BCUT2D eigenvalue weighted by atomic mass is 10.1. The molecule has 0 fully saturated rings. The molecule has 2 N–H and O–H groups in total. The van der Waals surface area contributed by atoms with Gasteiger partial charge in [-0.15, -0.1) is 24.0 Å². The van der Waals surface area contributed by atoms with Crippen LogP contribution in [0.15, 0.2) is 23.2 Å². The Morgan fingerprint density at radius 2 is 2.00 bits per heavy atom. The van der Waals surface area contributed by atoms with Crippen LogP contribution < -0.4 is 10.6 Å². The lowest BCUT2D eigenvalue weighted by Gasteiger charge is -2.13. The molecule has 0 saturated heterocycles. The summed E-state index contributed by atoms with van der Waals surface area (Å²) in [6.45, 7) is 10.2. The summed E-state index contributed by atoms with van der Waals surface area (Å²) in [5.41, 5.74) is 1.54. The van der Waals surface area contributed by atoms with Crippen LogP contribution in [0.5, 0.6) is 0 Å². The zero-order valence-electron chi connectivity index (χ0n) is 12.7. The van der Waals surface area contributed by atoms with Crippen LogP contribution in [0.25, 0.3) is 0 Å². The van der Waals surface area contributed by atoms with Crippen molar-refractivity contribution in [1.29, 1.82) is 0 Å². The second kappa shape index (κ2) is 9.96. The molecule has 0 atom stereocenters. The van der Waals surface area contributed by atoms with E-state index in [1.807, 2.05) is 13.0 Å². The molecule has 0 aliphatic carbocycles. The van der Waals surface area contributed by atoms with Crippen molar-refractivity contribution < 1.29 is 4.39 Å². The Balaban J connectivity index is 0.00000361. The zero-order valence-corrected chi connectivity index (χ0v) is 15.0. The molecule has 1 aromatic carbocycles. The van der Waals surface area contributed by atoms with Gasteiger partial charge >= 0.3 is 0 Å². The summed E-state index contributed by atoms with van der Waals surface area (Å²) in [5.74, 6) is 1.16. The second-order valence-electron chi connectivity index (χ2n) is 5.05. The number of aryl methyl sites for hydroxylation is 1. The van der Waals surface area contributed by atoms with Crippen molar-refractivity contribution >= 4 is 29.9 Å². The minimum Gasteiger partial charge on any atom is -0.357 e. The smallest absolute Gasteiger partial charge is 0.191 e. The fourth-order valence-electron chi connectivity index (χ4n) is 1.55. The van der Waals surface area contributed by atoms with Crippen LogP contribution in [0.1, 0.15) is 31.9 Å². The number of halogens is 2. The summed E-state index contributed by atoms with van der Waals surface area (Å²) in [5, 5.41) is 6.44. The molecule has 0 radical (unpaired) electrons. The summed E-state index contributed by atoms with van der Waals surface area (Å²) in [6, 6.07) is 5.24.